The van der Waals surface area contributed by atoms with Gasteiger partial charge >= 0.3 is 5.97 Å². The molecule has 4 heteroatoms. The summed E-state index contributed by atoms with van der Waals surface area (Å²) >= 11 is 0. The monoisotopic (exact) mass is 476 g/mol. The minimum atomic E-state index is -0.779. The van der Waals surface area contributed by atoms with Crippen LogP contribution in [-0.4, -0.2) is 35.5 Å². The standard InChI is InChI=1S/C31H40O4/c1-30(19-7-5-15-27(30)18-25-35-24-10-17-29(33)34)20-8-6-16-28(32)31(22-11-23-31)21-9-14-26-12-3-2-4-13-26/h2-4,6,8,12-13,16,18,20,28,32H,5,7,10-11,15,17,19,21-25H2,1H3,(H,33,34)/b16-6+,20-8+,27-18+. The smallest absolute Gasteiger partial charge is 0.303 e. The Labute approximate surface area is 210 Å². The van der Waals surface area contributed by atoms with Gasteiger partial charge in [-0.25, -0.2) is 0 Å². The van der Waals surface area contributed by atoms with E-state index in [-0.39, 0.29) is 17.3 Å². The lowest BCUT2D eigenvalue weighted by molar-refractivity contribution is -0.137. The molecule has 0 saturated heterocycles. The van der Waals surface area contributed by atoms with Crippen LogP contribution in [0.2, 0.25) is 0 Å². The molecule has 0 aromatic heterocycles. The number of carbonyl (C=O) groups is 1. The second-order valence-electron chi connectivity index (χ2n) is 10.2. The summed E-state index contributed by atoms with van der Waals surface area (Å²) < 4.78 is 5.63. The van der Waals surface area contributed by atoms with Crippen molar-refractivity contribution in [3.8, 4) is 11.8 Å². The van der Waals surface area contributed by atoms with Gasteiger partial charge in [0.25, 0.3) is 0 Å². The van der Waals surface area contributed by atoms with Gasteiger partial charge in [-0.15, -0.1) is 0 Å². The van der Waals surface area contributed by atoms with E-state index in [0.717, 1.165) is 37.7 Å². The summed E-state index contributed by atoms with van der Waals surface area (Å²) in [5, 5.41) is 19.7. The maximum Gasteiger partial charge on any atom is 0.303 e. The Bertz CT molecular complexity index is 959. The molecule has 1 aromatic rings. The number of benzene rings is 1. The predicted molar refractivity (Wildman–Crippen MR) is 141 cm³/mol. The van der Waals surface area contributed by atoms with Crippen LogP contribution in [-0.2, 0) is 9.53 Å². The molecule has 2 N–H and O–H groups in total. The van der Waals surface area contributed by atoms with Gasteiger partial charge in [-0.2, -0.15) is 0 Å². The summed E-state index contributed by atoms with van der Waals surface area (Å²) in [6, 6.07) is 10.0. The lowest BCUT2D eigenvalue weighted by Gasteiger charge is -2.43. The lowest BCUT2D eigenvalue weighted by Crippen LogP contribution is -2.40. The van der Waals surface area contributed by atoms with Gasteiger partial charge in [0.15, 0.2) is 0 Å². The molecule has 0 spiro atoms. The van der Waals surface area contributed by atoms with Gasteiger partial charge in [0, 0.05) is 35.8 Å². The molecule has 0 heterocycles. The van der Waals surface area contributed by atoms with Crippen LogP contribution < -0.4 is 0 Å². The van der Waals surface area contributed by atoms with Crippen LogP contribution in [0, 0.1) is 22.7 Å². The molecule has 3 rings (SSSR count). The van der Waals surface area contributed by atoms with Crippen LogP contribution in [0.5, 0.6) is 0 Å². The quantitative estimate of drug-likeness (QED) is 0.166. The zero-order valence-electron chi connectivity index (χ0n) is 21.0. The van der Waals surface area contributed by atoms with Crippen LogP contribution in [0.15, 0.2) is 66.3 Å². The molecule has 4 nitrogen and oxygen atoms in total. The summed E-state index contributed by atoms with van der Waals surface area (Å²) in [5.41, 5.74) is 2.28. The number of rotatable bonds is 11. The normalized spacial score (nSPS) is 23.7. The second kappa shape index (κ2) is 13.5. The van der Waals surface area contributed by atoms with Crippen LogP contribution in [0.1, 0.15) is 76.7 Å². The highest BCUT2D eigenvalue weighted by molar-refractivity contribution is 5.66. The van der Waals surface area contributed by atoms with Crippen molar-refractivity contribution in [2.75, 3.05) is 13.2 Å². The third-order valence-electron chi connectivity index (χ3n) is 7.55. The van der Waals surface area contributed by atoms with Crippen molar-refractivity contribution < 1.29 is 19.7 Å². The van der Waals surface area contributed by atoms with Gasteiger partial charge in [0.2, 0.25) is 0 Å². The first-order valence-electron chi connectivity index (χ1n) is 13.0. The van der Waals surface area contributed by atoms with E-state index in [1.807, 2.05) is 42.5 Å². The van der Waals surface area contributed by atoms with Crippen molar-refractivity contribution in [1.82, 2.24) is 0 Å². The molecule has 2 atom stereocenters. The number of carboxylic acid groups (broad SMARTS) is 1. The van der Waals surface area contributed by atoms with Crippen molar-refractivity contribution >= 4 is 5.97 Å². The van der Waals surface area contributed by atoms with E-state index in [9.17, 15) is 9.90 Å². The lowest BCUT2D eigenvalue weighted by atomic mass is 9.63. The van der Waals surface area contributed by atoms with E-state index >= 15 is 0 Å². The first kappa shape index (κ1) is 27.0. The molecule has 2 fully saturated rings. The number of carboxylic acids is 1. The van der Waals surface area contributed by atoms with Crippen LogP contribution >= 0.6 is 0 Å². The van der Waals surface area contributed by atoms with E-state index in [2.05, 4.69) is 37.0 Å². The maximum absolute atomic E-state index is 10.9. The molecule has 0 radical (unpaired) electrons. The molecule has 2 saturated carbocycles. The summed E-state index contributed by atoms with van der Waals surface area (Å²) in [5.74, 6) is 5.76. The fourth-order valence-corrected chi connectivity index (χ4v) is 5.04. The van der Waals surface area contributed by atoms with Crippen LogP contribution in [0.4, 0.5) is 0 Å². The Balaban J connectivity index is 1.53. The first-order chi connectivity index (χ1) is 16.9. The Morgan fingerprint density at radius 2 is 1.94 bits per heavy atom. The molecule has 35 heavy (non-hydrogen) atoms. The van der Waals surface area contributed by atoms with E-state index in [1.165, 1.54) is 18.4 Å². The van der Waals surface area contributed by atoms with E-state index in [1.54, 1.807) is 0 Å². The second-order valence-corrected chi connectivity index (χ2v) is 10.2. The third-order valence-corrected chi connectivity index (χ3v) is 7.55. The van der Waals surface area contributed by atoms with Crippen molar-refractivity contribution in [3.63, 3.8) is 0 Å². The van der Waals surface area contributed by atoms with Gasteiger partial charge in [0.1, 0.15) is 0 Å². The van der Waals surface area contributed by atoms with E-state index in [0.29, 0.717) is 26.1 Å². The van der Waals surface area contributed by atoms with E-state index < -0.39 is 12.1 Å². The van der Waals surface area contributed by atoms with Crippen molar-refractivity contribution in [2.45, 2.75) is 77.2 Å². The molecular formula is C31H40O4. The van der Waals surface area contributed by atoms with Crippen molar-refractivity contribution in [3.05, 3.63) is 71.8 Å². The third kappa shape index (κ3) is 8.23. The highest BCUT2D eigenvalue weighted by Gasteiger charge is 2.41. The molecule has 0 aliphatic heterocycles. The van der Waals surface area contributed by atoms with E-state index in [4.69, 9.17) is 9.84 Å². The average Bonchev–Trinajstić information content (AvgIpc) is 2.82. The molecule has 1 aromatic carbocycles. The maximum atomic E-state index is 10.9. The zero-order valence-corrected chi connectivity index (χ0v) is 21.0. The fourth-order valence-electron chi connectivity index (χ4n) is 5.04. The summed E-state index contributed by atoms with van der Waals surface area (Å²) in [6.07, 6.45) is 19.1. The minimum Gasteiger partial charge on any atom is -0.481 e. The van der Waals surface area contributed by atoms with Crippen molar-refractivity contribution in [2.24, 2.45) is 10.8 Å². The molecule has 188 valence electrons. The van der Waals surface area contributed by atoms with Crippen LogP contribution in [0.3, 0.4) is 0 Å². The average molecular weight is 477 g/mol. The topological polar surface area (TPSA) is 66.8 Å². The van der Waals surface area contributed by atoms with Gasteiger partial charge < -0.3 is 14.9 Å². The number of allylic oxidation sites excluding steroid dienone is 4. The number of aliphatic carboxylic acids is 1. The van der Waals surface area contributed by atoms with Crippen LogP contribution in [0.25, 0.3) is 0 Å². The van der Waals surface area contributed by atoms with Gasteiger partial charge in [-0.05, 0) is 50.7 Å². The SMILES string of the molecule is CC1(/C=C/C=C/C(O)C2(CC#Cc3ccccc3)CCC2)CCCC/C1=C\COCCCC(=O)O. The largest absolute Gasteiger partial charge is 0.481 e. The number of hydrogen-bond acceptors (Lipinski definition) is 3. The highest BCUT2D eigenvalue weighted by Crippen LogP contribution is 2.47. The molecule has 2 unspecified atom stereocenters. The van der Waals surface area contributed by atoms with Gasteiger partial charge in [-0.3, -0.25) is 4.79 Å². The first-order valence-corrected chi connectivity index (χ1v) is 13.0. The molecule has 2 aliphatic rings. The summed E-state index contributed by atoms with van der Waals surface area (Å²) in [4.78, 5) is 10.6. The minimum absolute atomic E-state index is 0.00666. The van der Waals surface area contributed by atoms with Crippen molar-refractivity contribution in [1.29, 1.82) is 0 Å². The number of ether oxygens (including phenoxy) is 1. The number of aliphatic hydroxyl groups is 1. The molecular weight excluding hydrogens is 436 g/mol. The Kier molecular flexibility index (Phi) is 10.4. The Morgan fingerprint density at radius 3 is 2.66 bits per heavy atom. The molecule has 2 aliphatic carbocycles. The zero-order chi connectivity index (χ0) is 25.0. The molecule has 0 amide bonds. The number of hydrogen-bond donors (Lipinski definition) is 2. The Hall–Kier alpha value is -2.61. The van der Waals surface area contributed by atoms with Gasteiger partial charge in [0.05, 0.1) is 12.7 Å². The predicted octanol–water partition coefficient (Wildman–Crippen LogP) is 6.46. The highest BCUT2D eigenvalue weighted by atomic mass is 16.5. The Morgan fingerprint density at radius 1 is 1.14 bits per heavy atom. The molecule has 0 bridgehead atoms. The fraction of sp³-hybridized carbons (Fsp3) is 0.516. The summed E-state index contributed by atoms with van der Waals surface area (Å²) in [6.45, 7) is 3.27. The number of aliphatic hydroxyl groups excluding tert-OH is 1. The summed E-state index contributed by atoms with van der Waals surface area (Å²) in [7, 11) is 0. The van der Waals surface area contributed by atoms with Gasteiger partial charge in [-0.1, -0.05) is 85.8 Å².